The number of likely N-dealkylation sites (N-methyl/N-ethyl adjacent to an activating group) is 1. The van der Waals surface area contributed by atoms with Crippen molar-refractivity contribution in [2.45, 2.75) is 19.8 Å². The highest BCUT2D eigenvalue weighted by Crippen LogP contribution is 2.45. The van der Waals surface area contributed by atoms with Crippen LogP contribution in [-0.2, 0) is 9.59 Å². The van der Waals surface area contributed by atoms with E-state index in [2.05, 4.69) is 6.92 Å². The van der Waals surface area contributed by atoms with Gasteiger partial charge in [0, 0.05) is 13.6 Å². The average molecular weight is 358 g/mol. The number of benzene rings is 2. The van der Waals surface area contributed by atoms with Gasteiger partial charge in [-0.15, -0.1) is 0 Å². The van der Waals surface area contributed by atoms with Crippen LogP contribution in [0.25, 0.3) is 11.4 Å². The Morgan fingerprint density at radius 1 is 0.741 bits per heavy atom. The number of nitrogens with zero attached hydrogens (tertiary/aromatic N) is 2. The SMILES string of the molecule is CCCCN1C(=O)C2=C(c3ccccc3)N(C)C(=O)C2=C1c1ccccc1. The molecule has 0 unspecified atom stereocenters. The number of carbonyl (C=O) groups excluding carboxylic acids is 2. The molecule has 0 N–H and O–H groups in total. The lowest BCUT2D eigenvalue weighted by Crippen LogP contribution is -2.29. The first-order valence-electron chi connectivity index (χ1n) is 9.34. The zero-order valence-electron chi connectivity index (χ0n) is 15.6. The summed E-state index contributed by atoms with van der Waals surface area (Å²) in [5, 5.41) is 0. The van der Waals surface area contributed by atoms with E-state index >= 15 is 0 Å². The first-order chi connectivity index (χ1) is 13.1. The standard InChI is InChI=1S/C23H22N2O2/c1-3-4-15-25-21(17-13-9-6-10-14-17)19-18(23(25)27)20(24(2)22(19)26)16-11-7-5-8-12-16/h5-14H,3-4,15H2,1-2H3. The second-order valence-corrected chi connectivity index (χ2v) is 6.85. The molecule has 2 aliphatic rings. The van der Waals surface area contributed by atoms with Crippen LogP contribution in [0, 0.1) is 0 Å². The molecule has 0 saturated carbocycles. The molecule has 4 nitrogen and oxygen atoms in total. The van der Waals surface area contributed by atoms with Gasteiger partial charge in [-0.1, -0.05) is 74.0 Å². The first-order valence-corrected chi connectivity index (χ1v) is 9.34. The minimum Gasteiger partial charge on any atom is -0.310 e. The van der Waals surface area contributed by atoms with Crippen molar-refractivity contribution in [2.75, 3.05) is 13.6 Å². The maximum Gasteiger partial charge on any atom is 0.261 e. The highest BCUT2D eigenvalue weighted by Gasteiger charge is 2.47. The van der Waals surface area contributed by atoms with E-state index in [1.54, 1.807) is 16.8 Å². The Kier molecular flexibility index (Phi) is 4.40. The van der Waals surface area contributed by atoms with Gasteiger partial charge in [0.2, 0.25) is 0 Å². The molecule has 2 amide bonds. The molecule has 0 fully saturated rings. The molecule has 4 heteroatoms. The molecule has 27 heavy (non-hydrogen) atoms. The summed E-state index contributed by atoms with van der Waals surface area (Å²) >= 11 is 0. The fraction of sp³-hybridized carbons (Fsp3) is 0.217. The van der Waals surface area contributed by atoms with E-state index in [1.165, 1.54) is 0 Å². The Morgan fingerprint density at radius 3 is 1.81 bits per heavy atom. The summed E-state index contributed by atoms with van der Waals surface area (Å²) in [6, 6.07) is 19.4. The molecule has 2 heterocycles. The van der Waals surface area contributed by atoms with Crippen molar-refractivity contribution in [1.82, 2.24) is 9.80 Å². The topological polar surface area (TPSA) is 40.6 Å². The number of amides is 2. The molecule has 4 rings (SSSR count). The number of hydrogen-bond acceptors (Lipinski definition) is 2. The average Bonchev–Trinajstić information content (AvgIpc) is 3.13. The van der Waals surface area contributed by atoms with Crippen molar-refractivity contribution in [2.24, 2.45) is 0 Å². The van der Waals surface area contributed by atoms with Crippen LogP contribution < -0.4 is 0 Å². The molecule has 0 radical (unpaired) electrons. The van der Waals surface area contributed by atoms with Crippen molar-refractivity contribution in [3.63, 3.8) is 0 Å². The van der Waals surface area contributed by atoms with Crippen molar-refractivity contribution in [3.8, 4) is 0 Å². The number of unbranched alkanes of at least 4 members (excludes halogenated alkanes) is 1. The van der Waals surface area contributed by atoms with E-state index in [9.17, 15) is 9.59 Å². The van der Waals surface area contributed by atoms with Gasteiger partial charge in [0.1, 0.15) is 0 Å². The van der Waals surface area contributed by atoms with Crippen LogP contribution in [0.3, 0.4) is 0 Å². The predicted molar refractivity (Wildman–Crippen MR) is 106 cm³/mol. The number of fused-ring (bicyclic) bond motifs is 1. The van der Waals surface area contributed by atoms with E-state index < -0.39 is 0 Å². The van der Waals surface area contributed by atoms with Gasteiger partial charge in [-0.05, 0) is 17.5 Å². The number of hydrogen-bond donors (Lipinski definition) is 0. The summed E-state index contributed by atoms with van der Waals surface area (Å²) in [6.07, 6.45) is 1.88. The van der Waals surface area contributed by atoms with E-state index in [0.717, 1.165) is 29.7 Å². The van der Waals surface area contributed by atoms with Crippen LogP contribution >= 0.6 is 0 Å². The smallest absolute Gasteiger partial charge is 0.261 e. The molecule has 0 spiro atoms. The summed E-state index contributed by atoms with van der Waals surface area (Å²) in [5.74, 6) is -0.191. The maximum absolute atomic E-state index is 13.4. The molecule has 2 aromatic carbocycles. The molecular weight excluding hydrogens is 336 g/mol. The molecule has 2 aliphatic heterocycles. The Labute approximate surface area is 159 Å². The van der Waals surface area contributed by atoms with Crippen molar-refractivity contribution < 1.29 is 9.59 Å². The van der Waals surface area contributed by atoms with Gasteiger partial charge < -0.3 is 9.80 Å². The Balaban J connectivity index is 1.96. The minimum atomic E-state index is -0.116. The summed E-state index contributed by atoms with van der Waals surface area (Å²) in [6.45, 7) is 2.72. The fourth-order valence-electron chi connectivity index (χ4n) is 3.82. The lowest BCUT2D eigenvalue weighted by atomic mass is 10.0. The minimum absolute atomic E-state index is 0.0751. The van der Waals surface area contributed by atoms with Crippen LogP contribution in [0.1, 0.15) is 30.9 Å². The fourth-order valence-corrected chi connectivity index (χ4v) is 3.82. The second kappa shape index (κ2) is 6.88. The van der Waals surface area contributed by atoms with Crippen LogP contribution in [0.15, 0.2) is 71.8 Å². The molecule has 0 aliphatic carbocycles. The van der Waals surface area contributed by atoms with Gasteiger partial charge >= 0.3 is 0 Å². The zero-order chi connectivity index (χ0) is 19.0. The molecule has 0 atom stereocenters. The van der Waals surface area contributed by atoms with E-state index in [1.807, 2.05) is 60.7 Å². The van der Waals surface area contributed by atoms with Crippen molar-refractivity contribution in [1.29, 1.82) is 0 Å². The monoisotopic (exact) mass is 358 g/mol. The van der Waals surface area contributed by atoms with Crippen LogP contribution in [0.5, 0.6) is 0 Å². The van der Waals surface area contributed by atoms with Gasteiger partial charge in [0.05, 0.1) is 22.5 Å². The van der Waals surface area contributed by atoms with E-state index in [0.29, 0.717) is 23.4 Å². The third-order valence-corrected chi connectivity index (χ3v) is 5.14. The summed E-state index contributed by atoms with van der Waals surface area (Å²) in [7, 11) is 1.75. The molecule has 0 aromatic heterocycles. The lowest BCUT2D eigenvalue weighted by molar-refractivity contribution is -0.123. The Bertz CT molecular complexity index is 958. The van der Waals surface area contributed by atoms with Crippen LogP contribution in [0.2, 0.25) is 0 Å². The van der Waals surface area contributed by atoms with Gasteiger partial charge in [0.25, 0.3) is 11.8 Å². The highest BCUT2D eigenvalue weighted by molar-refractivity contribution is 6.30. The second-order valence-electron chi connectivity index (χ2n) is 6.85. The lowest BCUT2D eigenvalue weighted by Gasteiger charge is -2.23. The third kappa shape index (κ3) is 2.69. The van der Waals surface area contributed by atoms with Crippen molar-refractivity contribution >= 4 is 23.2 Å². The van der Waals surface area contributed by atoms with Crippen LogP contribution in [0.4, 0.5) is 0 Å². The maximum atomic E-state index is 13.4. The molecular formula is C23H22N2O2. The predicted octanol–water partition coefficient (Wildman–Crippen LogP) is 3.92. The van der Waals surface area contributed by atoms with Gasteiger partial charge in [-0.2, -0.15) is 0 Å². The van der Waals surface area contributed by atoms with E-state index in [-0.39, 0.29) is 11.8 Å². The van der Waals surface area contributed by atoms with Gasteiger partial charge in [0.15, 0.2) is 0 Å². The molecule has 136 valence electrons. The van der Waals surface area contributed by atoms with E-state index in [4.69, 9.17) is 0 Å². The quantitative estimate of drug-likeness (QED) is 0.813. The summed E-state index contributed by atoms with van der Waals surface area (Å²) in [5.41, 5.74) is 4.30. The van der Waals surface area contributed by atoms with Crippen molar-refractivity contribution in [3.05, 3.63) is 82.9 Å². The largest absolute Gasteiger partial charge is 0.310 e. The number of carbonyl (C=O) groups is 2. The molecule has 2 aromatic rings. The molecule has 0 saturated heterocycles. The number of rotatable bonds is 5. The Morgan fingerprint density at radius 2 is 1.26 bits per heavy atom. The highest BCUT2D eigenvalue weighted by atomic mass is 16.2. The first kappa shape index (κ1) is 17.3. The summed E-state index contributed by atoms with van der Waals surface area (Å²) in [4.78, 5) is 30.0. The normalized spacial score (nSPS) is 16.7. The Hall–Kier alpha value is -3.14. The summed E-state index contributed by atoms with van der Waals surface area (Å²) < 4.78 is 0. The zero-order valence-corrected chi connectivity index (χ0v) is 15.6. The third-order valence-electron chi connectivity index (χ3n) is 5.14. The van der Waals surface area contributed by atoms with Gasteiger partial charge in [-0.25, -0.2) is 0 Å². The van der Waals surface area contributed by atoms with Gasteiger partial charge in [-0.3, -0.25) is 9.59 Å². The van der Waals surface area contributed by atoms with Crippen LogP contribution in [-0.4, -0.2) is 35.2 Å². The molecule has 0 bridgehead atoms.